The SMILES string of the molecule is CC1(C)c2cc(N(c3ccccc3)c3ccccc3)ccc2-c2cc3c(cc21)-c1c(cc(N(c2ccccc2)c2ccccc2)c2ccccc12)C3(C)C.CC1(C)c2cc3c(cc2-c2c1ccc1ccccc21)C(C)(C)c1cc2ccc4cccc5ccc(c1-3)c2c45. The summed E-state index contributed by atoms with van der Waals surface area (Å²) in [5.41, 5.74) is 29.0. The highest BCUT2D eigenvalue weighted by Crippen LogP contribution is 2.62. The van der Waals surface area contributed by atoms with Crippen LogP contribution in [0.2, 0.25) is 0 Å². The Kier molecular flexibility index (Phi) is 11.5. The molecule has 4 aliphatic carbocycles. The number of hydrogen-bond acceptors (Lipinski definition) is 2. The fraction of sp³-hybridized carbons (Fsp3) is 0.133. The minimum atomic E-state index is -0.207. The first kappa shape index (κ1) is 54.4. The summed E-state index contributed by atoms with van der Waals surface area (Å²) in [7, 11) is 0. The van der Waals surface area contributed by atoms with Crippen molar-refractivity contribution in [2.75, 3.05) is 9.80 Å². The van der Waals surface area contributed by atoms with E-state index in [1.54, 1.807) is 0 Å². The molecule has 2 nitrogen and oxygen atoms in total. The third-order valence-corrected chi connectivity index (χ3v) is 22.0. The van der Waals surface area contributed by atoms with Gasteiger partial charge in [0.2, 0.25) is 0 Å². The summed E-state index contributed by atoms with van der Waals surface area (Å²) >= 11 is 0. The van der Waals surface area contributed by atoms with Crippen LogP contribution in [-0.2, 0) is 21.7 Å². The van der Waals surface area contributed by atoms with Gasteiger partial charge in [0.25, 0.3) is 0 Å². The first-order chi connectivity index (χ1) is 44.7. The molecule has 0 saturated heterocycles. The maximum absolute atomic E-state index is 2.56. The van der Waals surface area contributed by atoms with E-state index in [1.807, 2.05) is 0 Å². The molecular weight excluding hydrogens is 1110 g/mol. The lowest BCUT2D eigenvalue weighted by Crippen LogP contribution is -2.18. The summed E-state index contributed by atoms with van der Waals surface area (Å²) in [4.78, 5) is 4.80. The fourth-order valence-corrected chi connectivity index (χ4v) is 17.3. The van der Waals surface area contributed by atoms with Crippen LogP contribution in [0.15, 0.2) is 279 Å². The van der Waals surface area contributed by atoms with Crippen molar-refractivity contribution in [1.29, 1.82) is 0 Å². The van der Waals surface area contributed by atoms with Crippen molar-refractivity contribution in [3.05, 3.63) is 324 Å². The highest BCUT2D eigenvalue weighted by molar-refractivity contribution is 6.27. The van der Waals surface area contributed by atoms with E-state index in [0.717, 1.165) is 22.7 Å². The Morgan fingerprint density at radius 3 is 1.20 bits per heavy atom. The van der Waals surface area contributed by atoms with Gasteiger partial charge >= 0.3 is 0 Å². The first-order valence-electron chi connectivity index (χ1n) is 32.8. The lowest BCUT2D eigenvalue weighted by Gasteiger charge is -2.29. The van der Waals surface area contributed by atoms with Gasteiger partial charge in [-0.25, -0.2) is 0 Å². The summed E-state index contributed by atoms with van der Waals surface area (Å²) < 4.78 is 0. The number of benzene rings is 15. The lowest BCUT2D eigenvalue weighted by atomic mass is 9.79. The predicted molar refractivity (Wildman–Crippen MR) is 391 cm³/mol. The Morgan fingerprint density at radius 1 is 0.207 bits per heavy atom. The summed E-state index contributed by atoms with van der Waals surface area (Å²) in [5.74, 6) is 0. The second kappa shape index (κ2) is 19.5. The normalized spacial score (nSPS) is 15.1. The van der Waals surface area contributed by atoms with Crippen molar-refractivity contribution in [3.8, 4) is 44.5 Å². The van der Waals surface area contributed by atoms with E-state index in [2.05, 4.69) is 344 Å². The summed E-state index contributed by atoms with van der Waals surface area (Å²) in [6.07, 6.45) is 0. The molecule has 0 radical (unpaired) electrons. The predicted octanol–water partition coefficient (Wildman–Crippen LogP) is 24.7. The number of anilines is 6. The summed E-state index contributed by atoms with van der Waals surface area (Å²) in [6, 6.07) is 104. The van der Waals surface area contributed by atoms with Crippen LogP contribution in [0.25, 0.3) is 98.4 Å². The molecule has 0 bridgehead atoms. The molecule has 0 aliphatic heterocycles. The molecule has 15 aromatic rings. The van der Waals surface area contributed by atoms with Crippen LogP contribution in [0.3, 0.4) is 0 Å². The molecule has 0 amide bonds. The van der Waals surface area contributed by atoms with Gasteiger partial charge in [0.15, 0.2) is 0 Å². The van der Waals surface area contributed by atoms with Gasteiger partial charge in [-0.15, -0.1) is 0 Å². The average Bonchev–Trinajstić information content (AvgIpc) is 1.52. The first-order valence-corrected chi connectivity index (χ1v) is 32.8. The number of hydrogen-bond donors (Lipinski definition) is 0. The van der Waals surface area contributed by atoms with Crippen molar-refractivity contribution in [3.63, 3.8) is 0 Å². The molecule has 19 rings (SSSR count). The van der Waals surface area contributed by atoms with Gasteiger partial charge in [-0.2, -0.15) is 0 Å². The van der Waals surface area contributed by atoms with E-state index in [9.17, 15) is 0 Å². The maximum atomic E-state index is 2.56. The van der Waals surface area contributed by atoms with E-state index in [0.29, 0.717) is 0 Å². The van der Waals surface area contributed by atoms with Crippen molar-refractivity contribution >= 4 is 88.0 Å². The monoisotopic (exact) mass is 1180 g/mol. The molecule has 0 N–H and O–H groups in total. The minimum Gasteiger partial charge on any atom is -0.310 e. The van der Waals surface area contributed by atoms with Crippen molar-refractivity contribution in [2.24, 2.45) is 0 Å². The molecule has 0 fully saturated rings. The van der Waals surface area contributed by atoms with E-state index in [1.165, 1.54) is 154 Å². The van der Waals surface area contributed by atoms with E-state index in [4.69, 9.17) is 0 Å². The van der Waals surface area contributed by atoms with Gasteiger partial charge in [0.05, 0.1) is 5.69 Å². The molecular formula is C90H70N2. The van der Waals surface area contributed by atoms with Crippen LogP contribution in [0.5, 0.6) is 0 Å². The molecule has 440 valence electrons. The van der Waals surface area contributed by atoms with E-state index < -0.39 is 0 Å². The number of nitrogens with zero attached hydrogens (tertiary/aromatic N) is 2. The highest BCUT2D eigenvalue weighted by Gasteiger charge is 2.45. The Bertz CT molecular complexity index is 5460. The zero-order valence-electron chi connectivity index (χ0n) is 53.5. The fourth-order valence-electron chi connectivity index (χ4n) is 17.3. The molecule has 0 heterocycles. The van der Waals surface area contributed by atoms with Crippen LogP contribution in [0, 0.1) is 0 Å². The van der Waals surface area contributed by atoms with Gasteiger partial charge in [0, 0.05) is 55.5 Å². The molecule has 0 atom stereocenters. The van der Waals surface area contributed by atoms with Crippen LogP contribution in [0.1, 0.15) is 99.9 Å². The Balaban J connectivity index is 0.000000144. The molecule has 0 saturated carbocycles. The minimum absolute atomic E-state index is 0.0413. The molecule has 0 aromatic heterocycles. The average molecular weight is 1180 g/mol. The molecule has 2 heteroatoms. The lowest BCUT2D eigenvalue weighted by molar-refractivity contribution is 0.652. The van der Waals surface area contributed by atoms with Gasteiger partial charge in [-0.1, -0.05) is 237 Å². The highest BCUT2D eigenvalue weighted by atomic mass is 15.1. The second-order valence-electron chi connectivity index (χ2n) is 28.4. The zero-order chi connectivity index (χ0) is 62.2. The van der Waals surface area contributed by atoms with E-state index in [-0.39, 0.29) is 21.7 Å². The summed E-state index contributed by atoms with van der Waals surface area (Å²) in [6.45, 7) is 19.3. The Hall–Kier alpha value is -10.5. The van der Waals surface area contributed by atoms with Gasteiger partial charge in [-0.05, 0) is 235 Å². The van der Waals surface area contributed by atoms with Crippen LogP contribution < -0.4 is 9.80 Å². The van der Waals surface area contributed by atoms with Crippen molar-refractivity contribution in [2.45, 2.75) is 77.0 Å². The Labute approximate surface area is 539 Å². The molecule has 0 spiro atoms. The zero-order valence-corrected chi connectivity index (χ0v) is 53.5. The quantitative estimate of drug-likeness (QED) is 0.153. The third-order valence-electron chi connectivity index (χ3n) is 22.0. The number of fused-ring (bicyclic) bond motifs is 17. The van der Waals surface area contributed by atoms with E-state index >= 15 is 0 Å². The van der Waals surface area contributed by atoms with Crippen LogP contribution in [-0.4, -0.2) is 0 Å². The third kappa shape index (κ3) is 7.61. The van der Waals surface area contributed by atoms with Gasteiger partial charge in [-0.3, -0.25) is 0 Å². The summed E-state index contributed by atoms with van der Waals surface area (Å²) in [5, 5.41) is 13.5. The molecule has 15 aromatic carbocycles. The molecule has 0 unspecified atom stereocenters. The van der Waals surface area contributed by atoms with Gasteiger partial charge in [0.1, 0.15) is 0 Å². The molecule has 4 aliphatic rings. The van der Waals surface area contributed by atoms with Crippen LogP contribution in [0.4, 0.5) is 34.1 Å². The second-order valence-corrected chi connectivity index (χ2v) is 28.4. The smallest absolute Gasteiger partial charge is 0.0543 e. The van der Waals surface area contributed by atoms with Crippen molar-refractivity contribution < 1.29 is 0 Å². The van der Waals surface area contributed by atoms with Gasteiger partial charge < -0.3 is 9.80 Å². The standard InChI is InChI=1S/C52H42N2.C38H28/c1-51(2)45-31-39(53(35-19-9-5-10-20-35)36-21-11-6-12-22-36)29-30-40(45)43-32-47-44(33-46(43)51)50-42-28-18-17-27-41(42)49(34-48(50)52(47,3)4)54(37-23-13-7-14-24-37)38-25-15-8-16-26-38;1-37(2)29-17-15-21-8-5-6-11-25(21)35(29)27-19-31-28(20-30(27)37)36-26-16-14-23-10-7-9-22-12-13-24(34(26)33(22)23)18-32(36)38(31,3)4/h5-34H,1-4H3;5-20H,1-4H3. The maximum Gasteiger partial charge on any atom is 0.0543 e. The van der Waals surface area contributed by atoms with Crippen molar-refractivity contribution in [1.82, 2.24) is 0 Å². The number of para-hydroxylation sites is 4. The number of rotatable bonds is 6. The molecule has 92 heavy (non-hydrogen) atoms. The van der Waals surface area contributed by atoms with Crippen LogP contribution >= 0.6 is 0 Å². The Morgan fingerprint density at radius 2 is 0.609 bits per heavy atom. The topological polar surface area (TPSA) is 6.48 Å². The largest absolute Gasteiger partial charge is 0.310 e.